The van der Waals surface area contributed by atoms with Gasteiger partial charge in [0.05, 0.1) is 12.1 Å². The van der Waals surface area contributed by atoms with Gasteiger partial charge in [-0.15, -0.1) is 11.3 Å². The second kappa shape index (κ2) is 6.96. The molecule has 0 spiro atoms. The standard InChI is InChI=1S/C18H21N3OS/c1-13(2)8-9-19-17(22)10-15-12-23-18-20-16(11-21(15)18)14-6-4-3-5-7-14/h3-7,11-13H,8-10H2,1-2H3,(H,19,22). The van der Waals surface area contributed by atoms with Gasteiger partial charge in [-0.1, -0.05) is 44.2 Å². The lowest BCUT2D eigenvalue weighted by molar-refractivity contribution is -0.120. The summed E-state index contributed by atoms with van der Waals surface area (Å²) in [5.41, 5.74) is 3.02. The molecule has 1 aromatic carbocycles. The minimum atomic E-state index is 0.0697. The highest BCUT2D eigenvalue weighted by atomic mass is 32.1. The fraction of sp³-hybridized carbons (Fsp3) is 0.333. The van der Waals surface area contributed by atoms with Crippen LogP contribution >= 0.6 is 11.3 Å². The molecule has 23 heavy (non-hydrogen) atoms. The highest BCUT2D eigenvalue weighted by Crippen LogP contribution is 2.23. The molecule has 1 N–H and O–H groups in total. The second-order valence-corrected chi connectivity index (χ2v) is 6.92. The summed E-state index contributed by atoms with van der Waals surface area (Å²) in [6.45, 7) is 5.05. The third kappa shape index (κ3) is 3.79. The minimum Gasteiger partial charge on any atom is -0.356 e. The monoisotopic (exact) mass is 327 g/mol. The number of hydrogen-bond donors (Lipinski definition) is 1. The molecule has 0 bridgehead atoms. The number of fused-ring (bicyclic) bond motifs is 1. The normalized spacial score (nSPS) is 11.3. The molecule has 0 fully saturated rings. The molecule has 3 rings (SSSR count). The molecule has 0 saturated carbocycles. The number of rotatable bonds is 6. The maximum Gasteiger partial charge on any atom is 0.225 e. The van der Waals surface area contributed by atoms with Gasteiger partial charge in [0.15, 0.2) is 4.96 Å². The van der Waals surface area contributed by atoms with Gasteiger partial charge in [0.25, 0.3) is 0 Å². The van der Waals surface area contributed by atoms with Crippen molar-refractivity contribution in [3.8, 4) is 11.3 Å². The molecule has 0 atom stereocenters. The zero-order valence-electron chi connectivity index (χ0n) is 13.5. The maximum atomic E-state index is 12.1. The molecular weight excluding hydrogens is 306 g/mol. The van der Waals surface area contributed by atoms with Crippen molar-refractivity contribution in [3.05, 3.63) is 47.6 Å². The summed E-state index contributed by atoms with van der Waals surface area (Å²) in [6.07, 6.45) is 3.41. The van der Waals surface area contributed by atoms with Crippen molar-refractivity contribution in [1.82, 2.24) is 14.7 Å². The third-order valence-electron chi connectivity index (χ3n) is 3.74. The first-order chi connectivity index (χ1) is 11.1. The molecule has 1 amide bonds. The second-order valence-electron chi connectivity index (χ2n) is 6.08. The van der Waals surface area contributed by atoms with E-state index in [0.717, 1.165) is 34.9 Å². The van der Waals surface area contributed by atoms with E-state index in [0.29, 0.717) is 12.3 Å². The van der Waals surface area contributed by atoms with Crippen molar-refractivity contribution in [1.29, 1.82) is 0 Å². The summed E-state index contributed by atoms with van der Waals surface area (Å²) >= 11 is 1.57. The summed E-state index contributed by atoms with van der Waals surface area (Å²) in [5, 5.41) is 5.00. The van der Waals surface area contributed by atoms with Gasteiger partial charge in [0.2, 0.25) is 5.91 Å². The number of nitrogens with zero attached hydrogens (tertiary/aromatic N) is 2. The Bertz CT molecular complexity index is 789. The first kappa shape index (κ1) is 15.7. The van der Waals surface area contributed by atoms with Crippen molar-refractivity contribution in [3.63, 3.8) is 0 Å². The Morgan fingerprint density at radius 3 is 2.83 bits per heavy atom. The molecule has 2 heterocycles. The van der Waals surface area contributed by atoms with Gasteiger partial charge in [-0.05, 0) is 12.3 Å². The van der Waals surface area contributed by atoms with Gasteiger partial charge in [-0.2, -0.15) is 0 Å². The molecule has 4 nitrogen and oxygen atoms in total. The number of amides is 1. The number of hydrogen-bond acceptors (Lipinski definition) is 3. The zero-order chi connectivity index (χ0) is 16.2. The molecule has 0 unspecified atom stereocenters. The molecule has 5 heteroatoms. The van der Waals surface area contributed by atoms with Crippen LogP contribution < -0.4 is 5.32 Å². The SMILES string of the molecule is CC(C)CCNC(=O)Cc1csc2nc(-c3ccccc3)cn12. The van der Waals surface area contributed by atoms with E-state index in [-0.39, 0.29) is 5.91 Å². The van der Waals surface area contributed by atoms with E-state index in [9.17, 15) is 4.79 Å². The lowest BCUT2D eigenvalue weighted by Gasteiger charge is -2.06. The van der Waals surface area contributed by atoms with Gasteiger partial charge in [0, 0.05) is 29.4 Å². The number of aromatic nitrogens is 2. The van der Waals surface area contributed by atoms with E-state index in [2.05, 4.69) is 24.1 Å². The molecule has 120 valence electrons. The van der Waals surface area contributed by atoms with Crippen LogP contribution in [0.3, 0.4) is 0 Å². The summed E-state index contributed by atoms with van der Waals surface area (Å²) < 4.78 is 2.02. The van der Waals surface area contributed by atoms with Crippen molar-refractivity contribution in [2.75, 3.05) is 6.54 Å². The van der Waals surface area contributed by atoms with Gasteiger partial charge >= 0.3 is 0 Å². The molecule has 0 aliphatic rings. The number of imidazole rings is 1. The summed E-state index contributed by atoms with van der Waals surface area (Å²) in [6, 6.07) is 10.1. The van der Waals surface area contributed by atoms with E-state index in [1.165, 1.54) is 0 Å². The molecule has 0 aliphatic heterocycles. The highest BCUT2D eigenvalue weighted by Gasteiger charge is 2.12. The number of carbonyl (C=O) groups is 1. The number of benzene rings is 1. The molecular formula is C18H21N3OS. The summed E-state index contributed by atoms with van der Waals surface area (Å²) in [4.78, 5) is 17.6. The average Bonchev–Trinajstić information content (AvgIpc) is 3.10. The van der Waals surface area contributed by atoms with Crippen molar-refractivity contribution < 1.29 is 4.79 Å². The van der Waals surface area contributed by atoms with E-state index < -0.39 is 0 Å². The number of thiazole rings is 1. The van der Waals surface area contributed by atoms with Crippen LogP contribution in [0.2, 0.25) is 0 Å². The first-order valence-electron chi connectivity index (χ1n) is 7.91. The first-order valence-corrected chi connectivity index (χ1v) is 8.79. The van der Waals surface area contributed by atoms with Gasteiger partial charge < -0.3 is 5.32 Å². The third-order valence-corrected chi connectivity index (χ3v) is 4.63. The summed E-state index contributed by atoms with van der Waals surface area (Å²) in [7, 11) is 0. The lowest BCUT2D eigenvalue weighted by atomic mass is 10.1. The van der Waals surface area contributed by atoms with Crippen molar-refractivity contribution in [2.24, 2.45) is 5.92 Å². The van der Waals surface area contributed by atoms with Crippen LogP contribution in [0.15, 0.2) is 41.9 Å². The minimum absolute atomic E-state index is 0.0697. The fourth-order valence-electron chi connectivity index (χ4n) is 2.43. The Hall–Kier alpha value is -2.14. The van der Waals surface area contributed by atoms with E-state index in [1.54, 1.807) is 11.3 Å². The van der Waals surface area contributed by atoms with E-state index >= 15 is 0 Å². The van der Waals surface area contributed by atoms with Gasteiger partial charge in [-0.3, -0.25) is 9.20 Å². The Morgan fingerprint density at radius 1 is 1.30 bits per heavy atom. The average molecular weight is 327 g/mol. The number of nitrogens with one attached hydrogen (secondary N) is 1. The maximum absolute atomic E-state index is 12.1. The Kier molecular flexibility index (Phi) is 4.76. The topological polar surface area (TPSA) is 46.4 Å². The van der Waals surface area contributed by atoms with E-state index in [1.807, 2.05) is 46.3 Å². The number of carbonyl (C=O) groups excluding carboxylic acids is 1. The molecule has 0 aliphatic carbocycles. The van der Waals surface area contributed by atoms with Gasteiger partial charge in [-0.25, -0.2) is 4.98 Å². The highest BCUT2D eigenvalue weighted by molar-refractivity contribution is 7.15. The van der Waals surface area contributed by atoms with Gasteiger partial charge in [0.1, 0.15) is 0 Å². The Morgan fingerprint density at radius 2 is 2.09 bits per heavy atom. The van der Waals surface area contributed by atoms with Crippen LogP contribution in [-0.4, -0.2) is 21.8 Å². The quantitative estimate of drug-likeness (QED) is 0.749. The fourth-order valence-corrected chi connectivity index (χ4v) is 3.30. The predicted octanol–water partition coefficient (Wildman–Crippen LogP) is 3.77. The zero-order valence-corrected chi connectivity index (χ0v) is 14.3. The van der Waals surface area contributed by atoms with Crippen LogP contribution in [-0.2, 0) is 11.2 Å². The molecule has 0 saturated heterocycles. The Labute approximate surface area is 140 Å². The Balaban J connectivity index is 1.72. The van der Waals surface area contributed by atoms with Crippen LogP contribution in [0, 0.1) is 5.92 Å². The predicted molar refractivity (Wildman–Crippen MR) is 94.7 cm³/mol. The molecule has 0 radical (unpaired) electrons. The van der Waals surface area contributed by atoms with Crippen LogP contribution in [0.25, 0.3) is 16.2 Å². The van der Waals surface area contributed by atoms with Crippen LogP contribution in [0.5, 0.6) is 0 Å². The van der Waals surface area contributed by atoms with Crippen molar-refractivity contribution >= 4 is 22.2 Å². The van der Waals surface area contributed by atoms with E-state index in [4.69, 9.17) is 0 Å². The molecule has 3 aromatic rings. The van der Waals surface area contributed by atoms with Crippen LogP contribution in [0.1, 0.15) is 26.0 Å². The smallest absolute Gasteiger partial charge is 0.225 e. The van der Waals surface area contributed by atoms with Crippen molar-refractivity contribution in [2.45, 2.75) is 26.7 Å². The molecule has 2 aromatic heterocycles. The largest absolute Gasteiger partial charge is 0.356 e. The van der Waals surface area contributed by atoms with Crippen LogP contribution in [0.4, 0.5) is 0 Å². The summed E-state index contributed by atoms with van der Waals surface area (Å²) in [5.74, 6) is 0.672. The lowest BCUT2D eigenvalue weighted by Crippen LogP contribution is -2.27.